The predicted molar refractivity (Wildman–Crippen MR) is 61.5 cm³/mol. The molecular weight excluding hydrogens is 230 g/mol. The monoisotopic (exact) mass is 243 g/mol. The highest BCUT2D eigenvalue weighted by Crippen LogP contribution is 2.25. The number of hydrogen-bond acceptors (Lipinski definition) is 4. The Labute approximate surface area is 99.3 Å². The standard InChI is InChI=1S/C11H14ClNO3/c1-15-11(14)5-6-16-10-4-2-3-9(12)8(10)7-13/h2-4H,5-7,13H2,1H3. The van der Waals surface area contributed by atoms with Crippen LogP contribution in [0.5, 0.6) is 5.75 Å². The van der Waals surface area contributed by atoms with Crippen molar-refractivity contribution in [3.8, 4) is 5.75 Å². The number of carbonyl (C=O) groups excluding carboxylic acids is 1. The Morgan fingerprint density at radius 2 is 2.25 bits per heavy atom. The molecule has 0 aliphatic rings. The molecule has 0 heterocycles. The minimum Gasteiger partial charge on any atom is -0.493 e. The number of hydrogen-bond donors (Lipinski definition) is 1. The Bertz CT molecular complexity index is 368. The molecule has 1 rings (SSSR count). The van der Waals surface area contributed by atoms with Crippen molar-refractivity contribution in [1.29, 1.82) is 0 Å². The first-order valence-electron chi connectivity index (χ1n) is 4.86. The topological polar surface area (TPSA) is 61.5 Å². The zero-order chi connectivity index (χ0) is 12.0. The maximum absolute atomic E-state index is 10.9. The molecule has 0 radical (unpaired) electrons. The van der Waals surface area contributed by atoms with Gasteiger partial charge in [-0.25, -0.2) is 0 Å². The minimum absolute atomic E-state index is 0.201. The van der Waals surface area contributed by atoms with E-state index in [-0.39, 0.29) is 19.0 Å². The fourth-order valence-corrected chi connectivity index (χ4v) is 1.46. The van der Waals surface area contributed by atoms with E-state index in [4.69, 9.17) is 22.1 Å². The lowest BCUT2D eigenvalue weighted by atomic mass is 10.2. The SMILES string of the molecule is COC(=O)CCOc1cccc(Cl)c1CN. The molecule has 0 amide bonds. The van der Waals surface area contributed by atoms with Gasteiger partial charge in [-0.2, -0.15) is 0 Å². The Morgan fingerprint density at radius 3 is 2.88 bits per heavy atom. The van der Waals surface area contributed by atoms with Crippen LogP contribution in [-0.4, -0.2) is 19.7 Å². The van der Waals surface area contributed by atoms with E-state index in [0.717, 1.165) is 5.56 Å². The first-order chi connectivity index (χ1) is 7.69. The second kappa shape index (κ2) is 6.35. The molecule has 0 fully saturated rings. The molecule has 0 bridgehead atoms. The van der Waals surface area contributed by atoms with Crippen molar-refractivity contribution >= 4 is 17.6 Å². The van der Waals surface area contributed by atoms with Gasteiger partial charge in [0.1, 0.15) is 5.75 Å². The van der Waals surface area contributed by atoms with Gasteiger partial charge >= 0.3 is 5.97 Å². The lowest BCUT2D eigenvalue weighted by Gasteiger charge is -2.10. The molecule has 0 aromatic heterocycles. The van der Waals surface area contributed by atoms with Gasteiger partial charge in [0.2, 0.25) is 0 Å². The van der Waals surface area contributed by atoms with Crippen LogP contribution in [0, 0.1) is 0 Å². The van der Waals surface area contributed by atoms with E-state index in [9.17, 15) is 4.79 Å². The van der Waals surface area contributed by atoms with Gasteiger partial charge in [0, 0.05) is 17.1 Å². The van der Waals surface area contributed by atoms with Gasteiger partial charge in [-0.1, -0.05) is 17.7 Å². The zero-order valence-corrected chi connectivity index (χ0v) is 9.79. The summed E-state index contributed by atoms with van der Waals surface area (Å²) >= 11 is 5.95. The minimum atomic E-state index is -0.309. The maximum atomic E-state index is 10.9. The summed E-state index contributed by atoms with van der Waals surface area (Å²) in [7, 11) is 1.34. The van der Waals surface area contributed by atoms with Crippen molar-refractivity contribution in [3.05, 3.63) is 28.8 Å². The van der Waals surface area contributed by atoms with E-state index in [2.05, 4.69) is 4.74 Å². The maximum Gasteiger partial charge on any atom is 0.308 e. The third-order valence-electron chi connectivity index (χ3n) is 2.07. The third-order valence-corrected chi connectivity index (χ3v) is 2.43. The summed E-state index contributed by atoms with van der Waals surface area (Å²) in [6.45, 7) is 0.549. The molecule has 0 saturated heterocycles. The van der Waals surface area contributed by atoms with E-state index in [1.807, 2.05) is 0 Å². The molecule has 0 aliphatic heterocycles. The molecule has 0 atom stereocenters. The molecule has 16 heavy (non-hydrogen) atoms. The molecule has 1 aromatic rings. The van der Waals surface area contributed by atoms with Gasteiger partial charge in [0.25, 0.3) is 0 Å². The molecule has 0 unspecified atom stereocenters. The van der Waals surface area contributed by atoms with E-state index in [1.165, 1.54) is 7.11 Å². The summed E-state index contributed by atoms with van der Waals surface area (Å²) < 4.78 is 9.91. The van der Waals surface area contributed by atoms with Crippen LogP contribution >= 0.6 is 11.6 Å². The number of nitrogens with two attached hydrogens (primary N) is 1. The molecular formula is C11H14ClNO3. The highest BCUT2D eigenvalue weighted by atomic mass is 35.5. The molecule has 88 valence electrons. The molecule has 2 N–H and O–H groups in total. The van der Waals surface area contributed by atoms with Gasteiger partial charge in [-0.3, -0.25) is 4.79 Å². The van der Waals surface area contributed by atoms with Crippen LogP contribution < -0.4 is 10.5 Å². The Morgan fingerprint density at radius 1 is 1.50 bits per heavy atom. The van der Waals surface area contributed by atoms with Gasteiger partial charge in [-0.05, 0) is 12.1 Å². The van der Waals surface area contributed by atoms with Crippen LogP contribution in [0.25, 0.3) is 0 Å². The second-order valence-corrected chi connectivity index (χ2v) is 3.50. The van der Waals surface area contributed by atoms with Crippen molar-refractivity contribution in [2.24, 2.45) is 5.73 Å². The van der Waals surface area contributed by atoms with E-state index in [0.29, 0.717) is 17.3 Å². The smallest absolute Gasteiger partial charge is 0.308 e. The predicted octanol–water partition coefficient (Wildman–Crippen LogP) is 1.74. The average Bonchev–Trinajstić information content (AvgIpc) is 2.29. The number of ether oxygens (including phenoxy) is 2. The van der Waals surface area contributed by atoms with Crippen molar-refractivity contribution in [2.45, 2.75) is 13.0 Å². The first-order valence-corrected chi connectivity index (χ1v) is 5.24. The molecule has 0 saturated carbocycles. The van der Waals surface area contributed by atoms with Crippen LogP contribution in [0.15, 0.2) is 18.2 Å². The summed E-state index contributed by atoms with van der Waals surface area (Å²) in [6.07, 6.45) is 0.201. The number of carbonyl (C=O) groups is 1. The van der Waals surface area contributed by atoms with E-state index in [1.54, 1.807) is 18.2 Å². The summed E-state index contributed by atoms with van der Waals surface area (Å²) in [6, 6.07) is 5.29. The lowest BCUT2D eigenvalue weighted by Crippen LogP contribution is -2.09. The van der Waals surface area contributed by atoms with Crippen LogP contribution in [0.3, 0.4) is 0 Å². The summed E-state index contributed by atoms with van der Waals surface area (Å²) in [4.78, 5) is 10.9. The highest BCUT2D eigenvalue weighted by Gasteiger charge is 2.07. The number of halogens is 1. The summed E-state index contributed by atoms with van der Waals surface area (Å²) in [5.41, 5.74) is 6.30. The number of esters is 1. The largest absolute Gasteiger partial charge is 0.493 e. The van der Waals surface area contributed by atoms with Crippen LogP contribution in [0.2, 0.25) is 5.02 Å². The molecule has 5 heteroatoms. The summed E-state index contributed by atoms with van der Waals surface area (Å²) in [5.74, 6) is 0.301. The van der Waals surface area contributed by atoms with Crippen molar-refractivity contribution in [2.75, 3.05) is 13.7 Å². The number of rotatable bonds is 5. The number of methoxy groups -OCH3 is 1. The van der Waals surface area contributed by atoms with Crippen LogP contribution in [0.1, 0.15) is 12.0 Å². The van der Waals surface area contributed by atoms with Crippen molar-refractivity contribution in [3.63, 3.8) is 0 Å². The van der Waals surface area contributed by atoms with Crippen molar-refractivity contribution in [1.82, 2.24) is 0 Å². The van der Waals surface area contributed by atoms with Gasteiger partial charge in [-0.15, -0.1) is 0 Å². The Kier molecular flexibility index (Phi) is 5.08. The summed E-state index contributed by atoms with van der Waals surface area (Å²) in [5, 5.41) is 0.568. The molecule has 1 aromatic carbocycles. The van der Waals surface area contributed by atoms with Crippen molar-refractivity contribution < 1.29 is 14.3 Å². The fourth-order valence-electron chi connectivity index (χ4n) is 1.22. The normalized spacial score (nSPS) is 9.94. The zero-order valence-electron chi connectivity index (χ0n) is 9.03. The van der Waals surface area contributed by atoms with E-state index >= 15 is 0 Å². The molecule has 0 spiro atoms. The van der Waals surface area contributed by atoms with Gasteiger partial charge < -0.3 is 15.2 Å². The van der Waals surface area contributed by atoms with Gasteiger partial charge in [0.15, 0.2) is 0 Å². The van der Waals surface area contributed by atoms with Crippen LogP contribution in [-0.2, 0) is 16.1 Å². The van der Waals surface area contributed by atoms with Crippen LogP contribution in [0.4, 0.5) is 0 Å². The number of benzene rings is 1. The molecule has 0 aliphatic carbocycles. The fraction of sp³-hybridized carbons (Fsp3) is 0.364. The lowest BCUT2D eigenvalue weighted by molar-refractivity contribution is -0.141. The second-order valence-electron chi connectivity index (χ2n) is 3.10. The Hall–Kier alpha value is -1.26. The van der Waals surface area contributed by atoms with Gasteiger partial charge in [0.05, 0.1) is 20.1 Å². The highest BCUT2D eigenvalue weighted by molar-refractivity contribution is 6.31. The quantitative estimate of drug-likeness (QED) is 0.801. The van der Waals surface area contributed by atoms with E-state index < -0.39 is 0 Å². The molecule has 4 nitrogen and oxygen atoms in total. The average molecular weight is 244 g/mol. The Balaban J connectivity index is 2.60. The first kappa shape index (κ1) is 12.8. The third kappa shape index (κ3) is 3.40.